The molecule has 2 nitrogen and oxygen atoms in total. The van der Waals surface area contributed by atoms with Crippen molar-refractivity contribution in [3.63, 3.8) is 0 Å². The fourth-order valence-corrected chi connectivity index (χ4v) is 2.65. The number of halogens is 1. The van der Waals surface area contributed by atoms with E-state index in [4.69, 9.17) is 4.74 Å². The second kappa shape index (κ2) is 5.27. The standard InChI is InChI=1S/C12H9BrO2S/c13-10-5-11(16-8-10)7-15-12-4-2-1-3-9(12)6-14/h1-6,8H,7H2. The molecule has 2 aromatic rings. The van der Waals surface area contributed by atoms with Crippen LogP contribution >= 0.6 is 27.3 Å². The molecule has 0 aliphatic heterocycles. The van der Waals surface area contributed by atoms with E-state index in [2.05, 4.69) is 15.9 Å². The van der Waals surface area contributed by atoms with Gasteiger partial charge in [0.1, 0.15) is 12.4 Å². The normalized spacial score (nSPS) is 10.1. The summed E-state index contributed by atoms with van der Waals surface area (Å²) in [6, 6.07) is 9.22. The summed E-state index contributed by atoms with van der Waals surface area (Å²) in [5, 5.41) is 2.00. The number of para-hydroxylation sites is 1. The minimum atomic E-state index is 0.487. The Morgan fingerprint density at radius 2 is 2.19 bits per heavy atom. The van der Waals surface area contributed by atoms with Crippen LogP contribution in [-0.2, 0) is 6.61 Å². The fourth-order valence-electron chi connectivity index (χ4n) is 1.29. The number of rotatable bonds is 4. The molecule has 0 saturated heterocycles. The summed E-state index contributed by atoms with van der Waals surface area (Å²) in [5.41, 5.74) is 0.582. The van der Waals surface area contributed by atoms with Gasteiger partial charge >= 0.3 is 0 Å². The highest BCUT2D eigenvalue weighted by Crippen LogP contribution is 2.22. The van der Waals surface area contributed by atoms with Crippen LogP contribution in [0.25, 0.3) is 0 Å². The first-order chi connectivity index (χ1) is 7.79. The second-order valence-corrected chi connectivity index (χ2v) is 5.09. The lowest BCUT2D eigenvalue weighted by Gasteiger charge is -2.06. The minimum Gasteiger partial charge on any atom is -0.487 e. The molecule has 0 unspecified atom stereocenters. The molecule has 1 heterocycles. The number of carbonyl (C=O) groups is 1. The van der Waals surface area contributed by atoms with Crippen LogP contribution in [-0.4, -0.2) is 6.29 Å². The Morgan fingerprint density at radius 1 is 1.38 bits per heavy atom. The molecule has 0 radical (unpaired) electrons. The van der Waals surface area contributed by atoms with Crippen LogP contribution in [0, 0.1) is 0 Å². The van der Waals surface area contributed by atoms with E-state index in [1.54, 1.807) is 23.5 Å². The van der Waals surface area contributed by atoms with Gasteiger partial charge in [0.15, 0.2) is 6.29 Å². The zero-order chi connectivity index (χ0) is 11.4. The maximum Gasteiger partial charge on any atom is 0.153 e. The zero-order valence-electron chi connectivity index (χ0n) is 8.35. The Kier molecular flexibility index (Phi) is 3.74. The van der Waals surface area contributed by atoms with Gasteiger partial charge in [-0.2, -0.15) is 0 Å². The third kappa shape index (κ3) is 2.71. The molecule has 0 spiro atoms. The lowest BCUT2D eigenvalue weighted by Crippen LogP contribution is -1.96. The summed E-state index contributed by atoms with van der Waals surface area (Å²) in [4.78, 5) is 11.9. The first-order valence-corrected chi connectivity index (χ1v) is 6.37. The lowest BCUT2D eigenvalue weighted by molar-refractivity contribution is 0.111. The highest BCUT2D eigenvalue weighted by Gasteiger charge is 2.03. The first-order valence-electron chi connectivity index (χ1n) is 4.69. The van der Waals surface area contributed by atoms with Crippen molar-refractivity contribution in [2.75, 3.05) is 0 Å². The summed E-state index contributed by atoms with van der Waals surface area (Å²) < 4.78 is 6.64. The van der Waals surface area contributed by atoms with Crippen LogP contribution in [0.2, 0.25) is 0 Å². The summed E-state index contributed by atoms with van der Waals surface area (Å²) in [5.74, 6) is 0.627. The largest absolute Gasteiger partial charge is 0.487 e. The van der Waals surface area contributed by atoms with Crippen molar-refractivity contribution in [3.05, 3.63) is 50.6 Å². The Labute approximate surface area is 106 Å². The molecule has 0 amide bonds. The number of carbonyl (C=O) groups excluding carboxylic acids is 1. The van der Waals surface area contributed by atoms with Gasteiger partial charge in [0.2, 0.25) is 0 Å². The zero-order valence-corrected chi connectivity index (χ0v) is 10.8. The van der Waals surface area contributed by atoms with Gasteiger partial charge in [-0.1, -0.05) is 12.1 Å². The van der Waals surface area contributed by atoms with E-state index < -0.39 is 0 Å². The second-order valence-electron chi connectivity index (χ2n) is 3.18. The van der Waals surface area contributed by atoms with Gasteiger partial charge in [-0.05, 0) is 34.1 Å². The SMILES string of the molecule is O=Cc1ccccc1OCc1cc(Br)cs1. The van der Waals surface area contributed by atoms with Crippen LogP contribution in [0.5, 0.6) is 5.75 Å². The molecule has 16 heavy (non-hydrogen) atoms. The summed E-state index contributed by atoms with van der Waals surface area (Å²) in [7, 11) is 0. The van der Waals surface area contributed by atoms with Crippen LogP contribution in [0.3, 0.4) is 0 Å². The van der Waals surface area contributed by atoms with Crippen LogP contribution in [0.15, 0.2) is 40.2 Å². The third-order valence-corrected chi connectivity index (χ3v) is 3.71. The molecular weight excluding hydrogens is 288 g/mol. The summed E-state index contributed by atoms with van der Waals surface area (Å²) >= 11 is 5.01. The van der Waals surface area contributed by atoms with E-state index in [0.29, 0.717) is 17.9 Å². The van der Waals surface area contributed by atoms with E-state index in [-0.39, 0.29) is 0 Å². The Bertz CT molecular complexity index is 493. The molecule has 0 atom stereocenters. The van der Waals surface area contributed by atoms with Crippen LogP contribution < -0.4 is 4.74 Å². The smallest absolute Gasteiger partial charge is 0.153 e. The van der Waals surface area contributed by atoms with Gasteiger partial charge in [-0.15, -0.1) is 11.3 Å². The average molecular weight is 297 g/mol. The van der Waals surface area contributed by atoms with Crippen molar-refractivity contribution in [1.82, 2.24) is 0 Å². The maximum absolute atomic E-state index is 10.8. The van der Waals surface area contributed by atoms with Gasteiger partial charge in [0.25, 0.3) is 0 Å². The van der Waals surface area contributed by atoms with Crippen molar-refractivity contribution >= 4 is 33.6 Å². The van der Waals surface area contributed by atoms with E-state index >= 15 is 0 Å². The molecule has 1 aromatic carbocycles. The predicted octanol–water partition coefficient (Wildman–Crippen LogP) is 3.90. The van der Waals surface area contributed by atoms with Crippen LogP contribution in [0.4, 0.5) is 0 Å². The monoisotopic (exact) mass is 296 g/mol. The first kappa shape index (κ1) is 11.4. The average Bonchev–Trinajstić information content (AvgIpc) is 2.73. The Hall–Kier alpha value is -1.13. The van der Waals surface area contributed by atoms with Crippen LogP contribution in [0.1, 0.15) is 15.2 Å². The number of ether oxygens (including phenoxy) is 1. The van der Waals surface area contributed by atoms with E-state index in [0.717, 1.165) is 15.6 Å². The van der Waals surface area contributed by atoms with Crippen molar-refractivity contribution < 1.29 is 9.53 Å². The van der Waals surface area contributed by atoms with Gasteiger partial charge in [0.05, 0.1) is 5.56 Å². The molecule has 0 aliphatic rings. The topological polar surface area (TPSA) is 26.3 Å². The molecule has 4 heteroatoms. The fraction of sp³-hybridized carbons (Fsp3) is 0.0833. The highest BCUT2D eigenvalue weighted by molar-refractivity contribution is 9.10. The predicted molar refractivity (Wildman–Crippen MR) is 68.2 cm³/mol. The Morgan fingerprint density at radius 3 is 2.88 bits per heavy atom. The van der Waals surface area contributed by atoms with Gasteiger partial charge < -0.3 is 4.74 Å². The van der Waals surface area contributed by atoms with Gasteiger partial charge in [0, 0.05) is 14.7 Å². The molecule has 0 N–H and O–H groups in total. The quantitative estimate of drug-likeness (QED) is 0.800. The summed E-state index contributed by atoms with van der Waals surface area (Å²) in [6.07, 6.45) is 0.805. The number of thiophene rings is 1. The number of hydrogen-bond donors (Lipinski definition) is 0. The maximum atomic E-state index is 10.8. The lowest BCUT2D eigenvalue weighted by atomic mass is 10.2. The summed E-state index contributed by atoms with van der Waals surface area (Å²) in [6.45, 7) is 0.487. The molecule has 0 aliphatic carbocycles. The molecule has 82 valence electrons. The minimum absolute atomic E-state index is 0.487. The van der Waals surface area contributed by atoms with Crippen molar-refractivity contribution in [2.24, 2.45) is 0 Å². The third-order valence-electron chi connectivity index (χ3n) is 2.04. The molecule has 2 rings (SSSR count). The molecule has 0 fully saturated rings. The molecular formula is C12H9BrO2S. The number of aldehydes is 1. The number of hydrogen-bond acceptors (Lipinski definition) is 3. The van der Waals surface area contributed by atoms with E-state index in [1.807, 2.05) is 23.6 Å². The molecule has 0 saturated carbocycles. The molecule has 1 aromatic heterocycles. The Balaban J connectivity index is 2.07. The van der Waals surface area contributed by atoms with Gasteiger partial charge in [-0.25, -0.2) is 0 Å². The van der Waals surface area contributed by atoms with Crippen molar-refractivity contribution in [2.45, 2.75) is 6.61 Å². The van der Waals surface area contributed by atoms with Crippen molar-refractivity contribution in [3.8, 4) is 5.75 Å². The molecule has 0 bridgehead atoms. The number of benzene rings is 1. The van der Waals surface area contributed by atoms with E-state index in [9.17, 15) is 4.79 Å². The highest BCUT2D eigenvalue weighted by atomic mass is 79.9. The van der Waals surface area contributed by atoms with E-state index in [1.165, 1.54) is 0 Å². The van der Waals surface area contributed by atoms with Crippen molar-refractivity contribution in [1.29, 1.82) is 0 Å². The van der Waals surface area contributed by atoms with Gasteiger partial charge in [-0.3, -0.25) is 4.79 Å².